The van der Waals surface area contributed by atoms with Crippen molar-refractivity contribution in [3.63, 3.8) is 0 Å². The van der Waals surface area contributed by atoms with Crippen molar-refractivity contribution >= 4 is 17.5 Å². The Kier molecular flexibility index (Phi) is 7.39. The fraction of sp³-hybridized carbons (Fsp3) is 0.643. The van der Waals surface area contributed by atoms with Crippen molar-refractivity contribution in [2.75, 3.05) is 36.8 Å². The number of nitrogens with one attached hydrogen (secondary N) is 2. The molecule has 1 amide bonds. The Bertz CT molecular complexity index is 406. The molecule has 1 aromatic rings. The fourth-order valence-electron chi connectivity index (χ4n) is 1.82. The summed E-state index contributed by atoms with van der Waals surface area (Å²) < 4.78 is 0. The van der Waals surface area contributed by atoms with Crippen LogP contribution in [0.5, 0.6) is 0 Å². The zero-order valence-electron chi connectivity index (χ0n) is 12.6. The molecule has 0 aromatic carbocycles. The molecule has 6 nitrogen and oxygen atoms in total. The Morgan fingerprint density at radius 2 is 1.70 bits per heavy atom. The standard InChI is InChI=1S/C14H25N5O/c1-4-8-16-12-10-15-11-13(18-12)17-9-7-14(20)19(5-2)6-3/h10-11H,4-9H2,1-3H3,(H2,16,17,18). The van der Waals surface area contributed by atoms with Crippen LogP contribution in [0.2, 0.25) is 0 Å². The molecule has 0 spiro atoms. The molecule has 0 bridgehead atoms. The van der Waals surface area contributed by atoms with E-state index in [1.165, 1.54) is 0 Å². The summed E-state index contributed by atoms with van der Waals surface area (Å²) in [6, 6.07) is 0. The van der Waals surface area contributed by atoms with Gasteiger partial charge < -0.3 is 15.5 Å². The maximum absolute atomic E-state index is 11.8. The molecule has 1 aromatic heterocycles. The maximum atomic E-state index is 11.8. The highest BCUT2D eigenvalue weighted by atomic mass is 16.2. The van der Waals surface area contributed by atoms with Gasteiger partial charge in [0.2, 0.25) is 5.91 Å². The summed E-state index contributed by atoms with van der Waals surface area (Å²) in [5, 5.41) is 6.32. The first-order chi connectivity index (χ1) is 9.71. The van der Waals surface area contributed by atoms with Crippen LogP contribution in [0, 0.1) is 0 Å². The van der Waals surface area contributed by atoms with E-state index in [1.807, 2.05) is 18.7 Å². The highest BCUT2D eigenvalue weighted by Crippen LogP contribution is 2.06. The van der Waals surface area contributed by atoms with Gasteiger partial charge in [-0.3, -0.25) is 9.78 Å². The van der Waals surface area contributed by atoms with Crippen molar-refractivity contribution in [2.45, 2.75) is 33.6 Å². The molecule has 0 aliphatic carbocycles. The maximum Gasteiger partial charge on any atom is 0.224 e. The summed E-state index contributed by atoms with van der Waals surface area (Å²) in [4.78, 5) is 22.2. The van der Waals surface area contributed by atoms with Crippen LogP contribution >= 0.6 is 0 Å². The summed E-state index contributed by atoms with van der Waals surface area (Å²) in [6.45, 7) is 9.03. The lowest BCUT2D eigenvalue weighted by Gasteiger charge is -2.18. The predicted octanol–water partition coefficient (Wildman–Crippen LogP) is 1.97. The van der Waals surface area contributed by atoms with E-state index in [0.717, 1.165) is 31.9 Å². The van der Waals surface area contributed by atoms with Crippen LogP contribution in [0.15, 0.2) is 12.4 Å². The Balaban J connectivity index is 2.39. The van der Waals surface area contributed by atoms with E-state index in [-0.39, 0.29) is 5.91 Å². The third-order valence-corrected chi connectivity index (χ3v) is 2.95. The number of rotatable bonds is 9. The highest BCUT2D eigenvalue weighted by Gasteiger charge is 2.08. The van der Waals surface area contributed by atoms with Crippen LogP contribution < -0.4 is 10.6 Å². The number of aromatic nitrogens is 2. The number of hydrogen-bond acceptors (Lipinski definition) is 5. The lowest BCUT2D eigenvalue weighted by Crippen LogP contribution is -2.31. The van der Waals surface area contributed by atoms with Gasteiger partial charge in [0, 0.05) is 32.6 Å². The SMILES string of the molecule is CCCNc1cncc(NCCC(=O)N(CC)CC)n1. The average Bonchev–Trinajstić information content (AvgIpc) is 2.47. The normalized spacial score (nSPS) is 10.2. The second kappa shape index (κ2) is 9.12. The number of amides is 1. The van der Waals surface area contributed by atoms with Crippen LogP contribution in [0.3, 0.4) is 0 Å². The molecule has 1 rings (SSSR count). The Hall–Kier alpha value is -1.85. The van der Waals surface area contributed by atoms with Gasteiger partial charge in [-0.05, 0) is 20.3 Å². The molecule has 6 heteroatoms. The second-order valence-electron chi connectivity index (χ2n) is 4.46. The molecule has 2 N–H and O–H groups in total. The van der Waals surface area contributed by atoms with Crippen molar-refractivity contribution in [3.8, 4) is 0 Å². The van der Waals surface area contributed by atoms with Gasteiger partial charge in [-0.2, -0.15) is 0 Å². The number of carbonyl (C=O) groups excluding carboxylic acids is 1. The van der Waals surface area contributed by atoms with E-state index in [9.17, 15) is 4.79 Å². The molecule has 0 fully saturated rings. The lowest BCUT2D eigenvalue weighted by atomic mass is 10.3. The summed E-state index contributed by atoms with van der Waals surface area (Å²) in [6.07, 6.45) is 4.87. The van der Waals surface area contributed by atoms with Gasteiger partial charge in [-0.1, -0.05) is 6.92 Å². The molecule has 0 aliphatic heterocycles. The first kappa shape index (κ1) is 16.2. The van der Waals surface area contributed by atoms with Crippen LogP contribution in [0.25, 0.3) is 0 Å². The van der Waals surface area contributed by atoms with Gasteiger partial charge in [0.15, 0.2) is 0 Å². The second-order valence-corrected chi connectivity index (χ2v) is 4.46. The first-order valence-corrected chi connectivity index (χ1v) is 7.28. The smallest absolute Gasteiger partial charge is 0.224 e. The highest BCUT2D eigenvalue weighted by molar-refractivity contribution is 5.76. The number of hydrogen-bond donors (Lipinski definition) is 2. The Morgan fingerprint density at radius 3 is 2.25 bits per heavy atom. The predicted molar refractivity (Wildman–Crippen MR) is 81.8 cm³/mol. The van der Waals surface area contributed by atoms with Crippen LogP contribution in [-0.4, -0.2) is 47.0 Å². The summed E-state index contributed by atoms with van der Waals surface area (Å²) in [5.41, 5.74) is 0. The topological polar surface area (TPSA) is 70.2 Å². The first-order valence-electron chi connectivity index (χ1n) is 7.28. The zero-order valence-corrected chi connectivity index (χ0v) is 12.6. The van der Waals surface area contributed by atoms with E-state index in [4.69, 9.17) is 0 Å². The van der Waals surface area contributed by atoms with Crippen molar-refractivity contribution in [1.82, 2.24) is 14.9 Å². The minimum atomic E-state index is 0.163. The van der Waals surface area contributed by atoms with Crippen LogP contribution in [0.1, 0.15) is 33.6 Å². The zero-order chi connectivity index (χ0) is 14.8. The number of nitrogens with zero attached hydrogens (tertiary/aromatic N) is 3. The molecule has 0 atom stereocenters. The Morgan fingerprint density at radius 1 is 1.10 bits per heavy atom. The van der Waals surface area contributed by atoms with E-state index in [2.05, 4.69) is 27.5 Å². The molecule has 1 heterocycles. The average molecular weight is 279 g/mol. The molecular formula is C14H25N5O. The van der Waals surface area contributed by atoms with E-state index >= 15 is 0 Å². The quantitative estimate of drug-likeness (QED) is 0.723. The minimum absolute atomic E-state index is 0.163. The fourth-order valence-corrected chi connectivity index (χ4v) is 1.82. The molecule has 112 valence electrons. The van der Waals surface area contributed by atoms with E-state index < -0.39 is 0 Å². The molecular weight excluding hydrogens is 254 g/mol. The third kappa shape index (κ3) is 5.42. The minimum Gasteiger partial charge on any atom is -0.369 e. The van der Waals surface area contributed by atoms with Gasteiger partial charge in [0.05, 0.1) is 12.4 Å². The molecule has 0 saturated heterocycles. The number of anilines is 2. The monoisotopic (exact) mass is 279 g/mol. The van der Waals surface area contributed by atoms with Gasteiger partial charge in [0.25, 0.3) is 0 Å². The van der Waals surface area contributed by atoms with Crippen molar-refractivity contribution in [1.29, 1.82) is 0 Å². The summed E-state index contributed by atoms with van der Waals surface area (Å²) in [7, 11) is 0. The Labute approximate surface area is 121 Å². The van der Waals surface area contributed by atoms with Gasteiger partial charge >= 0.3 is 0 Å². The van der Waals surface area contributed by atoms with Crippen molar-refractivity contribution in [3.05, 3.63) is 12.4 Å². The van der Waals surface area contributed by atoms with Gasteiger partial charge in [0.1, 0.15) is 11.6 Å². The summed E-state index contributed by atoms with van der Waals surface area (Å²) in [5.74, 6) is 1.61. The molecule has 0 unspecified atom stereocenters. The van der Waals surface area contributed by atoms with Crippen LogP contribution in [-0.2, 0) is 4.79 Å². The van der Waals surface area contributed by atoms with Gasteiger partial charge in [-0.25, -0.2) is 4.98 Å². The third-order valence-electron chi connectivity index (χ3n) is 2.95. The van der Waals surface area contributed by atoms with E-state index in [0.29, 0.717) is 18.8 Å². The molecule has 20 heavy (non-hydrogen) atoms. The van der Waals surface area contributed by atoms with Crippen molar-refractivity contribution in [2.24, 2.45) is 0 Å². The molecule has 0 aliphatic rings. The van der Waals surface area contributed by atoms with Gasteiger partial charge in [-0.15, -0.1) is 0 Å². The van der Waals surface area contributed by atoms with Crippen LogP contribution in [0.4, 0.5) is 11.6 Å². The lowest BCUT2D eigenvalue weighted by molar-refractivity contribution is -0.130. The largest absolute Gasteiger partial charge is 0.369 e. The van der Waals surface area contributed by atoms with Crippen molar-refractivity contribution < 1.29 is 4.79 Å². The number of carbonyl (C=O) groups is 1. The summed E-state index contributed by atoms with van der Waals surface area (Å²) >= 11 is 0. The molecule has 0 radical (unpaired) electrons. The van der Waals surface area contributed by atoms with E-state index in [1.54, 1.807) is 12.4 Å². The molecule has 0 saturated carbocycles.